The average molecular weight is 329 g/mol. The highest BCUT2D eigenvalue weighted by Gasteiger charge is 2.17. The largest absolute Gasteiger partial charge is 0.480 e. The minimum absolute atomic E-state index is 0.201. The number of anilines is 1. The van der Waals surface area contributed by atoms with Gasteiger partial charge in [0.25, 0.3) is 0 Å². The van der Waals surface area contributed by atoms with Crippen LogP contribution >= 0.6 is 15.9 Å². The van der Waals surface area contributed by atoms with Crippen molar-refractivity contribution >= 4 is 33.6 Å². The Kier molecular flexibility index (Phi) is 5.82. The SMILES string of the molecule is CC(C)CN(CC(=O)O)C(=O)Nc1cccc(Br)c1. The molecule has 2 N–H and O–H groups in total. The third-order valence-corrected chi connectivity index (χ3v) is 2.77. The quantitative estimate of drug-likeness (QED) is 0.872. The van der Waals surface area contributed by atoms with Gasteiger partial charge < -0.3 is 15.3 Å². The fraction of sp³-hybridized carbons (Fsp3) is 0.385. The second-order valence-corrected chi connectivity index (χ2v) is 5.52. The highest BCUT2D eigenvalue weighted by molar-refractivity contribution is 9.10. The van der Waals surface area contributed by atoms with Crippen molar-refractivity contribution in [1.29, 1.82) is 0 Å². The Hall–Kier alpha value is -1.56. The molecule has 1 aromatic rings. The normalized spacial score (nSPS) is 10.3. The van der Waals surface area contributed by atoms with Crippen molar-refractivity contribution in [1.82, 2.24) is 4.90 Å². The van der Waals surface area contributed by atoms with Crippen LogP contribution in [-0.4, -0.2) is 35.1 Å². The van der Waals surface area contributed by atoms with Crippen LogP contribution in [0.4, 0.5) is 10.5 Å². The number of carbonyl (C=O) groups excluding carboxylic acids is 1. The smallest absolute Gasteiger partial charge is 0.323 e. The van der Waals surface area contributed by atoms with Gasteiger partial charge in [-0.1, -0.05) is 35.8 Å². The van der Waals surface area contributed by atoms with Crippen LogP contribution in [0.15, 0.2) is 28.7 Å². The summed E-state index contributed by atoms with van der Waals surface area (Å²) in [5.74, 6) is -0.822. The molecule has 5 nitrogen and oxygen atoms in total. The predicted molar refractivity (Wildman–Crippen MR) is 77.2 cm³/mol. The van der Waals surface area contributed by atoms with Gasteiger partial charge in [-0.05, 0) is 24.1 Å². The van der Waals surface area contributed by atoms with Gasteiger partial charge in [-0.25, -0.2) is 4.79 Å². The first kappa shape index (κ1) is 15.5. The van der Waals surface area contributed by atoms with E-state index in [1.165, 1.54) is 4.90 Å². The number of hydrogen-bond acceptors (Lipinski definition) is 2. The Morgan fingerprint density at radius 2 is 2.11 bits per heavy atom. The van der Waals surface area contributed by atoms with Crippen LogP contribution in [0.25, 0.3) is 0 Å². The van der Waals surface area contributed by atoms with Gasteiger partial charge in [-0.2, -0.15) is 0 Å². The standard InChI is InChI=1S/C13H17BrN2O3/c1-9(2)7-16(8-12(17)18)13(19)15-11-5-3-4-10(14)6-11/h3-6,9H,7-8H2,1-2H3,(H,15,19)(H,17,18). The zero-order chi connectivity index (χ0) is 14.4. The number of rotatable bonds is 5. The van der Waals surface area contributed by atoms with E-state index in [4.69, 9.17) is 5.11 Å². The molecular weight excluding hydrogens is 312 g/mol. The summed E-state index contributed by atoms with van der Waals surface area (Å²) in [4.78, 5) is 24.1. The van der Waals surface area contributed by atoms with Crippen LogP contribution in [0.5, 0.6) is 0 Å². The minimum atomic E-state index is -1.02. The molecule has 6 heteroatoms. The molecule has 0 unspecified atom stereocenters. The van der Waals surface area contributed by atoms with Gasteiger partial charge >= 0.3 is 12.0 Å². The van der Waals surface area contributed by atoms with Gasteiger partial charge in [0, 0.05) is 16.7 Å². The van der Waals surface area contributed by atoms with E-state index >= 15 is 0 Å². The Labute approximate surface area is 120 Å². The molecule has 0 aliphatic rings. The Balaban J connectivity index is 2.73. The van der Waals surface area contributed by atoms with Crippen molar-refractivity contribution < 1.29 is 14.7 Å². The minimum Gasteiger partial charge on any atom is -0.480 e. The highest BCUT2D eigenvalue weighted by Crippen LogP contribution is 2.16. The number of nitrogens with zero attached hydrogens (tertiary/aromatic N) is 1. The maximum absolute atomic E-state index is 12.0. The van der Waals surface area contributed by atoms with Gasteiger partial charge in [-0.3, -0.25) is 4.79 Å². The zero-order valence-electron chi connectivity index (χ0n) is 10.9. The lowest BCUT2D eigenvalue weighted by molar-refractivity contribution is -0.137. The molecule has 104 valence electrons. The first-order valence-corrected chi connectivity index (χ1v) is 6.71. The van der Waals surface area contributed by atoms with Crippen molar-refractivity contribution in [2.75, 3.05) is 18.4 Å². The van der Waals surface area contributed by atoms with Crippen LogP contribution in [0.3, 0.4) is 0 Å². The molecule has 1 aromatic carbocycles. The van der Waals surface area contributed by atoms with E-state index in [-0.39, 0.29) is 12.5 Å². The summed E-state index contributed by atoms with van der Waals surface area (Å²) in [6, 6.07) is 6.74. The molecule has 0 spiro atoms. The lowest BCUT2D eigenvalue weighted by atomic mass is 10.2. The average Bonchev–Trinajstić information content (AvgIpc) is 2.26. The van der Waals surface area contributed by atoms with Crippen molar-refractivity contribution in [3.8, 4) is 0 Å². The van der Waals surface area contributed by atoms with Crippen LogP contribution in [0.2, 0.25) is 0 Å². The number of carboxylic acid groups (broad SMARTS) is 1. The number of amides is 2. The fourth-order valence-corrected chi connectivity index (χ4v) is 1.99. The summed E-state index contributed by atoms with van der Waals surface area (Å²) in [6.45, 7) is 3.95. The molecule has 2 amide bonds. The monoisotopic (exact) mass is 328 g/mol. The summed E-state index contributed by atoms with van der Waals surface area (Å²) >= 11 is 3.31. The number of carbonyl (C=O) groups is 2. The molecule has 0 heterocycles. The molecule has 0 aliphatic carbocycles. The third-order valence-electron chi connectivity index (χ3n) is 2.27. The number of aliphatic carboxylic acids is 1. The molecule has 0 saturated carbocycles. The Morgan fingerprint density at radius 1 is 1.42 bits per heavy atom. The van der Waals surface area contributed by atoms with Crippen LogP contribution < -0.4 is 5.32 Å². The van der Waals surface area contributed by atoms with Crippen LogP contribution in [0, 0.1) is 5.92 Å². The van der Waals surface area contributed by atoms with Crippen molar-refractivity contribution in [2.24, 2.45) is 5.92 Å². The first-order chi connectivity index (χ1) is 8.88. The van der Waals surface area contributed by atoms with Gasteiger partial charge in [0.05, 0.1) is 0 Å². The molecule has 0 aromatic heterocycles. The van der Waals surface area contributed by atoms with E-state index in [1.807, 2.05) is 19.9 Å². The molecule has 19 heavy (non-hydrogen) atoms. The van der Waals surface area contributed by atoms with E-state index in [1.54, 1.807) is 18.2 Å². The van der Waals surface area contributed by atoms with Crippen molar-refractivity contribution in [2.45, 2.75) is 13.8 Å². The molecule has 0 bridgehead atoms. The summed E-state index contributed by atoms with van der Waals surface area (Å²) in [6.07, 6.45) is 0. The first-order valence-electron chi connectivity index (χ1n) is 5.91. The van der Waals surface area contributed by atoms with E-state index in [2.05, 4.69) is 21.2 Å². The second kappa shape index (κ2) is 7.13. The van der Waals surface area contributed by atoms with Gasteiger partial charge in [0.15, 0.2) is 0 Å². The van der Waals surface area contributed by atoms with Gasteiger partial charge in [0.1, 0.15) is 6.54 Å². The van der Waals surface area contributed by atoms with E-state index in [0.717, 1.165) is 4.47 Å². The van der Waals surface area contributed by atoms with E-state index < -0.39 is 12.0 Å². The maximum Gasteiger partial charge on any atom is 0.323 e. The molecular formula is C13H17BrN2O3. The van der Waals surface area contributed by atoms with Crippen LogP contribution in [-0.2, 0) is 4.79 Å². The van der Waals surface area contributed by atoms with Gasteiger partial charge in [-0.15, -0.1) is 0 Å². The number of hydrogen-bond donors (Lipinski definition) is 2. The number of urea groups is 1. The molecule has 0 atom stereocenters. The summed E-state index contributed by atoms with van der Waals surface area (Å²) in [5, 5.41) is 11.5. The Bertz CT molecular complexity index is 463. The summed E-state index contributed by atoms with van der Waals surface area (Å²) in [7, 11) is 0. The number of nitrogens with one attached hydrogen (secondary N) is 1. The lowest BCUT2D eigenvalue weighted by Gasteiger charge is -2.23. The van der Waals surface area contributed by atoms with Gasteiger partial charge in [0.2, 0.25) is 0 Å². The molecule has 0 radical (unpaired) electrons. The Morgan fingerprint density at radius 3 is 2.63 bits per heavy atom. The summed E-state index contributed by atoms with van der Waals surface area (Å²) < 4.78 is 0.846. The maximum atomic E-state index is 12.0. The van der Waals surface area contributed by atoms with Crippen LogP contribution in [0.1, 0.15) is 13.8 Å². The summed E-state index contributed by atoms with van der Waals surface area (Å²) in [5.41, 5.74) is 0.624. The van der Waals surface area contributed by atoms with Crippen molar-refractivity contribution in [3.63, 3.8) is 0 Å². The lowest BCUT2D eigenvalue weighted by Crippen LogP contribution is -2.40. The van der Waals surface area contributed by atoms with E-state index in [0.29, 0.717) is 12.2 Å². The highest BCUT2D eigenvalue weighted by atomic mass is 79.9. The van der Waals surface area contributed by atoms with E-state index in [9.17, 15) is 9.59 Å². The number of carboxylic acids is 1. The zero-order valence-corrected chi connectivity index (χ0v) is 12.5. The number of benzene rings is 1. The van der Waals surface area contributed by atoms with Crippen molar-refractivity contribution in [3.05, 3.63) is 28.7 Å². The molecule has 1 rings (SSSR count). The molecule has 0 fully saturated rings. The number of halogens is 1. The fourth-order valence-electron chi connectivity index (χ4n) is 1.59. The third kappa shape index (κ3) is 5.74. The second-order valence-electron chi connectivity index (χ2n) is 4.61. The topological polar surface area (TPSA) is 69.6 Å². The predicted octanol–water partition coefficient (Wildman–Crippen LogP) is 3.02. The molecule has 0 saturated heterocycles. The molecule has 0 aliphatic heterocycles.